The molecule has 154 valence electrons. The number of carboxylic acid groups (broad SMARTS) is 1. The molecule has 28 heavy (non-hydrogen) atoms. The summed E-state index contributed by atoms with van der Waals surface area (Å²) < 4.78 is 0. The predicted molar refractivity (Wildman–Crippen MR) is 104 cm³/mol. The number of aliphatic carboxylic acids is 1. The topological polar surface area (TPSA) is 171 Å². The molecule has 0 heterocycles. The van der Waals surface area contributed by atoms with Crippen molar-refractivity contribution in [3.8, 4) is 5.75 Å². The van der Waals surface area contributed by atoms with Gasteiger partial charge in [-0.1, -0.05) is 12.1 Å². The maximum absolute atomic E-state index is 12.2. The van der Waals surface area contributed by atoms with Crippen LogP contribution in [0.25, 0.3) is 0 Å². The fourth-order valence-electron chi connectivity index (χ4n) is 2.10. The molecule has 11 heteroatoms. The van der Waals surface area contributed by atoms with E-state index in [0.717, 1.165) is 0 Å². The molecule has 0 aliphatic carbocycles. The normalized spacial score (nSPS) is 13.7. The van der Waals surface area contributed by atoms with Crippen LogP contribution >= 0.6 is 12.6 Å². The average Bonchev–Trinajstić information content (AvgIpc) is 2.66. The van der Waals surface area contributed by atoms with Crippen LogP contribution in [0.1, 0.15) is 12.5 Å². The van der Waals surface area contributed by atoms with Crippen LogP contribution in [0, 0.1) is 0 Å². The fraction of sp³-hybridized carbons (Fsp3) is 0.412. The number of benzene rings is 1. The number of hydrogen-bond donors (Lipinski definition) is 7. The first kappa shape index (κ1) is 23.2. The lowest BCUT2D eigenvalue weighted by Crippen LogP contribution is -2.53. The van der Waals surface area contributed by atoms with Crippen molar-refractivity contribution in [1.82, 2.24) is 16.0 Å². The first-order valence-corrected chi connectivity index (χ1v) is 9.01. The first-order valence-electron chi connectivity index (χ1n) is 8.38. The summed E-state index contributed by atoms with van der Waals surface area (Å²) in [6.45, 7) is 1.00. The monoisotopic (exact) mass is 412 g/mol. The summed E-state index contributed by atoms with van der Waals surface area (Å²) in [5, 5.41) is 25.6. The highest BCUT2D eigenvalue weighted by molar-refractivity contribution is 7.80. The van der Waals surface area contributed by atoms with Gasteiger partial charge in [0.1, 0.15) is 17.8 Å². The van der Waals surface area contributed by atoms with Gasteiger partial charge in [-0.05, 0) is 24.6 Å². The third-order valence-electron chi connectivity index (χ3n) is 3.72. The predicted octanol–water partition coefficient (Wildman–Crippen LogP) is -1.62. The Bertz CT molecular complexity index is 712. The number of hydrogen-bond acceptors (Lipinski definition) is 7. The molecular formula is C17H24N4O6S. The zero-order valence-electron chi connectivity index (χ0n) is 15.2. The lowest BCUT2D eigenvalue weighted by molar-refractivity contribution is -0.142. The number of carbonyl (C=O) groups excluding carboxylic acids is 3. The van der Waals surface area contributed by atoms with Crippen molar-refractivity contribution < 1.29 is 29.4 Å². The van der Waals surface area contributed by atoms with E-state index in [-0.39, 0.29) is 24.5 Å². The smallest absolute Gasteiger partial charge is 0.326 e. The van der Waals surface area contributed by atoms with E-state index in [9.17, 15) is 29.4 Å². The molecule has 0 saturated heterocycles. The van der Waals surface area contributed by atoms with Crippen LogP contribution < -0.4 is 21.7 Å². The Morgan fingerprint density at radius 1 is 1.11 bits per heavy atom. The summed E-state index contributed by atoms with van der Waals surface area (Å²) in [5.41, 5.74) is 6.06. The number of nitrogens with two attached hydrogens (primary N) is 1. The Morgan fingerprint density at radius 3 is 2.25 bits per heavy atom. The van der Waals surface area contributed by atoms with Gasteiger partial charge in [0, 0.05) is 12.2 Å². The molecule has 3 amide bonds. The van der Waals surface area contributed by atoms with Crippen LogP contribution in [0.4, 0.5) is 0 Å². The van der Waals surface area contributed by atoms with Crippen molar-refractivity contribution in [3.05, 3.63) is 29.8 Å². The van der Waals surface area contributed by atoms with Crippen LogP contribution in [0.3, 0.4) is 0 Å². The largest absolute Gasteiger partial charge is 0.508 e. The van der Waals surface area contributed by atoms with Gasteiger partial charge in [0.05, 0.1) is 12.6 Å². The minimum Gasteiger partial charge on any atom is -0.508 e. The van der Waals surface area contributed by atoms with E-state index >= 15 is 0 Å². The zero-order valence-corrected chi connectivity index (χ0v) is 16.1. The lowest BCUT2D eigenvalue weighted by Gasteiger charge is -2.19. The van der Waals surface area contributed by atoms with E-state index < -0.39 is 41.8 Å². The maximum Gasteiger partial charge on any atom is 0.326 e. The minimum absolute atomic E-state index is 0.000304. The Hall–Kier alpha value is -2.79. The molecule has 1 aromatic rings. The summed E-state index contributed by atoms with van der Waals surface area (Å²) in [6.07, 6.45) is -0.000304. The highest BCUT2D eigenvalue weighted by atomic mass is 32.1. The Labute approximate surface area is 167 Å². The highest BCUT2D eigenvalue weighted by Crippen LogP contribution is 2.11. The van der Waals surface area contributed by atoms with Crippen LogP contribution in [-0.4, -0.2) is 64.3 Å². The van der Waals surface area contributed by atoms with Crippen LogP contribution in [0.2, 0.25) is 0 Å². The van der Waals surface area contributed by atoms with Gasteiger partial charge >= 0.3 is 5.97 Å². The molecule has 0 saturated carbocycles. The van der Waals surface area contributed by atoms with Crippen LogP contribution in [0.5, 0.6) is 5.75 Å². The Balaban J connectivity index is 2.55. The molecule has 0 bridgehead atoms. The van der Waals surface area contributed by atoms with Gasteiger partial charge in [-0.25, -0.2) is 4.79 Å². The molecule has 0 fully saturated rings. The van der Waals surface area contributed by atoms with Crippen molar-refractivity contribution >= 4 is 36.3 Å². The molecule has 1 aromatic carbocycles. The van der Waals surface area contributed by atoms with Crippen LogP contribution in [0.15, 0.2) is 24.3 Å². The van der Waals surface area contributed by atoms with Crippen molar-refractivity contribution in [1.29, 1.82) is 0 Å². The quantitative estimate of drug-likeness (QED) is 0.226. The molecule has 0 radical (unpaired) electrons. The number of phenols is 1. The number of carboxylic acids is 1. The van der Waals surface area contributed by atoms with E-state index in [4.69, 9.17) is 5.73 Å². The second-order valence-corrected chi connectivity index (χ2v) is 6.43. The number of thiol groups is 1. The number of aromatic hydroxyl groups is 1. The van der Waals surface area contributed by atoms with Crippen molar-refractivity contribution in [3.63, 3.8) is 0 Å². The number of rotatable bonds is 10. The third-order valence-corrected chi connectivity index (χ3v) is 4.11. The van der Waals surface area contributed by atoms with Crippen LogP contribution in [-0.2, 0) is 25.6 Å². The average molecular weight is 412 g/mol. The second-order valence-electron chi connectivity index (χ2n) is 6.07. The van der Waals surface area contributed by atoms with E-state index in [0.29, 0.717) is 5.56 Å². The van der Waals surface area contributed by atoms with Gasteiger partial charge in [-0.3, -0.25) is 14.4 Å². The summed E-state index contributed by atoms with van der Waals surface area (Å²) in [7, 11) is 0. The minimum atomic E-state index is -1.24. The molecule has 7 N–H and O–H groups in total. The number of amides is 3. The summed E-state index contributed by atoms with van der Waals surface area (Å²) in [5.74, 6) is -2.97. The van der Waals surface area contributed by atoms with Gasteiger partial charge in [0.2, 0.25) is 17.7 Å². The second kappa shape index (κ2) is 11.1. The van der Waals surface area contributed by atoms with Gasteiger partial charge in [-0.15, -0.1) is 0 Å². The number of nitrogens with one attached hydrogen (secondary N) is 3. The summed E-state index contributed by atoms with van der Waals surface area (Å²) >= 11 is 3.87. The number of phenolic OH excluding ortho intramolecular Hbond substituents is 1. The van der Waals surface area contributed by atoms with E-state index in [2.05, 4.69) is 28.6 Å². The van der Waals surface area contributed by atoms with Crippen molar-refractivity contribution in [2.75, 3.05) is 12.3 Å². The fourth-order valence-corrected chi connectivity index (χ4v) is 2.27. The highest BCUT2D eigenvalue weighted by Gasteiger charge is 2.24. The zero-order chi connectivity index (χ0) is 21.3. The van der Waals surface area contributed by atoms with E-state index in [1.54, 1.807) is 12.1 Å². The molecule has 0 spiro atoms. The van der Waals surface area contributed by atoms with Crippen molar-refractivity contribution in [2.45, 2.75) is 31.5 Å². The Kier molecular flexibility index (Phi) is 9.25. The Morgan fingerprint density at radius 2 is 1.71 bits per heavy atom. The molecule has 3 atom stereocenters. The molecule has 0 aliphatic rings. The molecule has 0 aromatic heterocycles. The maximum atomic E-state index is 12.2. The molecule has 1 rings (SSSR count). The molecule has 10 nitrogen and oxygen atoms in total. The van der Waals surface area contributed by atoms with Crippen molar-refractivity contribution in [2.24, 2.45) is 5.73 Å². The molecular weight excluding hydrogens is 388 g/mol. The first-order chi connectivity index (χ1) is 13.1. The van der Waals surface area contributed by atoms with Gasteiger partial charge in [0.25, 0.3) is 0 Å². The standard InChI is InChI=1S/C17H24N4O6S/c1-9(20-14(23)7-19-16(25)12(18)8-28)15(24)21-13(17(26)27)6-10-2-4-11(22)5-3-10/h2-5,9,12-13,22,28H,6-8,18H2,1H3,(H,19,25)(H,20,23)(H,21,24)(H,26,27). The van der Waals surface area contributed by atoms with Gasteiger partial charge < -0.3 is 31.9 Å². The van der Waals surface area contributed by atoms with E-state index in [1.807, 2.05) is 0 Å². The lowest BCUT2D eigenvalue weighted by atomic mass is 10.1. The summed E-state index contributed by atoms with van der Waals surface area (Å²) in [6, 6.07) is 2.81. The SMILES string of the molecule is CC(NC(=O)CNC(=O)C(N)CS)C(=O)NC(Cc1ccc(O)cc1)C(=O)O. The van der Waals surface area contributed by atoms with E-state index in [1.165, 1.54) is 19.1 Å². The third kappa shape index (κ3) is 7.84. The number of carbonyl (C=O) groups is 4. The van der Waals surface area contributed by atoms with Gasteiger partial charge in [0.15, 0.2) is 0 Å². The molecule has 3 unspecified atom stereocenters. The van der Waals surface area contributed by atoms with Gasteiger partial charge in [-0.2, -0.15) is 12.6 Å². The summed E-state index contributed by atoms with van der Waals surface area (Å²) in [4.78, 5) is 46.9. The molecule has 0 aliphatic heterocycles.